The maximum Gasteiger partial charge on any atom is 0.234 e. The molecule has 4 nitrogen and oxygen atoms in total. The molecular weight excluding hydrogens is 224 g/mol. The van der Waals surface area contributed by atoms with Crippen molar-refractivity contribution in [3.05, 3.63) is 41.3 Å². The fourth-order valence-electron chi connectivity index (χ4n) is 1.10. The van der Waals surface area contributed by atoms with Crippen molar-refractivity contribution >= 4 is 16.1 Å². The van der Waals surface area contributed by atoms with Crippen molar-refractivity contribution in [1.82, 2.24) is 4.72 Å². The van der Waals surface area contributed by atoms with E-state index in [1.54, 1.807) is 13.0 Å². The van der Waals surface area contributed by atoms with Gasteiger partial charge in [-0.3, -0.25) is 0 Å². The highest BCUT2D eigenvalue weighted by atomic mass is 32.2. The zero-order valence-electron chi connectivity index (χ0n) is 9.13. The van der Waals surface area contributed by atoms with Crippen LogP contribution in [0, 0.1) is 0 Å². The Labute approximate surface area is 96.2 Å². The van der Waals surface area contributed by atoms with E-state index < -0.39 is 10.0 Å². The third-order valence-electron chi connectivity index (χ3n) is 1.96. The average molecular weight is 240 g/mol. The van der Waals surface area contributed by atoms with E-state index in [4.69, 9.17) is 5.73 Å². The third kappa shape index (κ3) is 4.57. The first-order chi connectivity index (χ1) is 7.53. The van der Waals surface area contributed by atoms with Crippen LogP contribution in [0.5, 0.6) is 0 Å². The fraction of sp³-hybridized carbons (Fsp3) is 0.273. The van der Waals surface area contributed by atoms with Gasteiger partial charge in [-0.1, -0.05) is 30.3 Å². The quantitative estimate of drug-likeness (QED) is 0.804. The number of rotatable bonds is 5. The minimum absolute atomic E-state index is 0.259. The average Bonchev–Trinajstić information content (AvgIpc) is 2.27. The molecule has 0 saturated heterocycles. The number of sulfonamides is 1. The van der Waals surface area contributed by atoms with Crippen LogP contribution >= 0.6 is 0 Å². The van der Waals surface area contributed by atoms with E-state index in [0.29, 0.717) is 0 Å². The minimum atomic E-state index is -3.40. The van der Waals surface area contributed by atoms with Crippen LogP contribution in [-0.4, -0.2) is 21.0 Å². The molecule has 0 aliphatic rings. The second kappa shape index (κ2) is 5.79. The van der Waals surface area contributed by atoms with Crippen molar-refractivity contribution in [2.24, 2.45) is 5.73 Å². The van der Waals surface area contributed by atoms with Gasteiger partial charge in [-0.15, -0.1) is 0 Å². The molecule has 0 aliphatic carbocycles. The molecule has 0 heterocycles. The Morgan fingerprint density at radius 2 is 2.00 bits per heavy atom. The normalized spacial score (nSPS) is 14.1. The number of benzene rings is 1. The Bertz CT molecular complexity index is 440. The monoisotopic (exact) mass is 240 g/mol. The largest absolute Gasteiger partial charge is 0.329 e. The highest BCUT2D eigenvalue weighted by molar-refractivity contribution is 7.92. The summed E-state index contributed by atoms with van der Waals surface area (Å²) in [5.74, 6) is 0. The minimum Gasteiger partial charge on any atom is -0.329 e. The Hall–Kier alpha value is -1.17. The lowest BCUT2D eigenvalue weighted by molar-refractivity contribution is 0.572. The van der Waals surface area contributed by atoms with Crippen molar-refractivity contribution in [3.8, 4) is 0 Å². The maximum atomic E-state index is 11.5. The highest BCUT2D eigenvalue weighted by Gasteiger charge is 2.08. The zero-order chi connectivity index (χ0) is 12.0. The lowest BCUT2D eigenvalue weighted by Crippen LogP contribution is -2.36. The first-order valence-corrected chi connectivity index (χ1v) is 6.53. The van der Waals surface area contributed by atoms with E-state index in [0.717, 1.165) is 11.0 Å². The molecule has 0 saturated carbocycles. The summed E-state index contributed by atoms with van der Waals surface area (Å²) in [6.07, 6.45) is 1.55. The van der Waals surface area contributed by atoms with Gasteiger partial charge in [0.2, 0.25) is 10.0 Å². The number of hydrogen-bond acceptors (Lipinski definition) is 3. The molecule has 3 N–H and O–H groups in total. The Morgan fingerprint density at radius 1 is 1.38 bits per heavy atom. The van der Waals surface area contributed by atoms with Crippen LogP contribution < -0.4 is 10.5 Å². The molecule has 0 aliphatic heterocycles. The van der Waals surface area contributed by atoms with Gasteiger partial charge in [0.1, 0.15) is 0 Å². The van der Waals surface area contributed by atoms with E-state index in [9.17, 15) is 8.42 Å². The third-order valence-corrected chi connectivity index (χ3v) is 3.18. The molecule has 5 heteroatoms. The van der Waals surface area contributed by atoms with Gasteiger partial charge >= 0.3 is 0 Å². The van der Waals surface area contributed by atoms with Crippen molar-refractivity contribution < 1.29 is 8.42 Å². The standard InChI is InChI=1S/C11H16N2O2S/c1-10(9-12)13-16(14,15)8-7-11-5-3-2-4-6-11/h2-8,10,13H,9,12H2,1H3. The molecule has 1 aromatic carbocycles. The van der Waals surface area contributed by atoms with Gasteiger partial charge in [-0.2, -0.15) is 0 Å². The summed E-state index contributed by atoms with van der Waals surface area (Å²) >= 11 is 0. The number of hydrogen-bond donors (Lipinski definition) is 2. The van der Waals surface area contributed by atoms with E-state index in [-0.39, 0.29) is 12.6 Å². The molecule has 1 unspecified atom stereocenters. The topological polar surface area (TPSA) is 72.2 Å². The van der Waals surface area contributed by atoms with Gasteiger partial charge < -0.3 is 5.73 Å². The van der Waals surface area contributed by atoms with E-state index in [1.807, 2.05) is 30.3 Å². The first kappa shape index (κ1) is 12.9. The molecule has 1 aromatic rings. The van der Waals surface area contributed by atoms with E-state index in [1.165, 1.54) is 0 Å². The van der Waals surface area contributed by atoms with E-state index in [2.05, 4.69) is 4.72 Å². The second-order valence-corrected chi connectivity index (χ2v) is 5.11. The van der Waals surface area contributed by atoms with Gasteiger partial charge in [0.15, 0.2) is 0 Å². The van der Waals surface area contributed by atoms with Crippen LogP contribution in [0.2, 0.25) is 0 Å². The molecule has 0 bridgehead atoms. The molecule has 0 fully saturated rings. The maximum absolute atomic E-state index is 11.5. The number of nitrogens with two attached hydrogens (primary N) is 1. The summed E-state index contributed by atoms with van der Waals surface area (Å²) in [5.41, 5.74) is 6.18. The molecule has 16 heavy (non-hydrogen) atoms. The predicted octanol–water partition coefficient (Wildman–Crippen LogP) is 0.924. The van der Waals surface area contributed by atoms with Gasteiger partial charge in [0.05, 0.1) is 0 Å². The first-order valence-electron chi connectivity index (χ1n) is 4.99. The van der Waals surface area contributed by atoms with Crippen molar-refractivity contribution in [1.29, 1.82) is 0 Å². The molecule has 0 radical (unpaired) electrons. The Kier molecular flexibility index (Phi) is 4.67. The van der Waals surface area contributed by atoms with Crippen molar-refractivity contribution in [2.75, 3.05) is 6.54 Å². The van der Waals surface area contributed by atoms with Crippen LogP contribution in [0.15, 0.2) is 35.7 Å². The lowest BCUT2D eigenvalue weighted by atomic mass is 10.2. The van der Waals surface area contributed by atoms with Gasteiger partial charge in [-0.25, -0.2) is 13.1 Å². The van der Waals surface area contributed by atoms with E-state index >= 15 is 0 Å². The van der Waals surface area contributed by atoms with Gasteiger partial charge in [0, 0.05) is 18.0 Å². The van der Waals surface area contributed by atoms with Crippen LogP contribution in [-0.2, 0) is 10.0 Å². The van der Waals surface area contributed by atoms with Crippen LogP contribution in [0.4, 0.5) is 0 Å². The van der Waals surface area contributed by atoms with Crippen molar-refractivity contribution in [2.45, 2.75) is 13.0 Å². The Balaban J connectivity index is 2.70. The molecule has 0 aromatic heterocycles. The Morgan fingerprint density at radius 3 is 2.56 bits per heavy atom. The van der Waals surface area contributed by atoms with Crippen LogP contribution in [0.3, 0.4) is 0 Å². The fourth-order valence-corrected chi connectivity index (χ4v) is 2.17. The molecule has 1 atom stereocenters. The summed E-state index contributed by atoms with van der Waals surface area (Å²) in [5, 5.41) is 1.15. The zero-order valence-corrected chi connectivity index (χ0v) is 9.94. The second-order valence-electron chi connectivity index (χ2n) is 3.51. The lowest BCUT2D eigenvalue weighted by Gasteiger charge is -2.08. The highest BCUT2D eigenvalue weighted by Crippen LogP contribution is 2.02. The van der Waals surface area contributed by atoms with Gasteiger partial charge in [0.25, 0.3) is 0 Å². The van der Waals surface area contributed by atoms with Crippen LogP contribution in [0.1, 0.15) is 12.5 Å². The smallest absolute Gasteiger partial charge is 0.234 e. The molecule has 1 rings (SSSR count). The predicted molar refractivity (Wildman–Crippen MR) is 66.0 cm³/mol. The molecule has 0 spiro atoms. The summed E-state index contributed by atoms with van der Waals surface area (Å²) < 4.78 is 25.5. The molecule has 0 amide bonds. The van der Waals surface area contributed by atoms with Gasteiger partial charge in [-0.05, 0) is 18.6 Å². The summed E-state index contributed by atoms with van der Waals surface area (Å²) in [7, 11) is -3.40. The molecule has 88 valence electrons. The summed E-state index contributed by atoms with van der Waals surface area (Å²) in [6, 6.07) is 8.98. The number of nitrogens with one attached hydrogen (secondary N) is 1. The molecular formula is C11H16N2O2S. The van der Waals surface area contributed by atoms with Crippen LogP contribution in [0.25, 0.3) is 6.08 Å². The van der Waals surface area contributed by atoms with Crippen molar-refractivity contribution in [3.63, 3.8) is 0 Å². The SMILES string of the molecule is CC(CN)NS(=O)(=O)C=Cc1ccccc1. The summed E-state index contributed by atoms with van der Waals surface area (Å²) in [4.78, 5) is 0. The summed E-state index contributed by atoms with van der Waals surface area (Å²) in [6.45, 7) is 1.99.